The van der Waals surface area contributed by atoms with Crippen molar-refractivity contribution < 1.29 is 14.6 Å². The summed E-state index contributed by atoms with van der Waals surface area (Å²) in [4.78, 5) is 12.0. The molecule has 1 aromatic carbocycles. The van der Waals surface area contributed by atoms with Gasteiger partial charge < -0.3 is 9.84 Å². The molecule has 0 aliphatic carbocycles. The molecule has 3 heteroatoms. The lowest BCUT2D eigenvalue weighted by atomic mass is 9.97. The van der Waals surface area contributed by atoms with E-state index in [0.29, 0.717) is 23.7 Å². The van der Waals surface area contributed by atoms with Crippen molar-refractivity contribution in [3.05, 3.63) is 29.3 Å². The predicted octanol–water partition coefficient (Wildman–Crippen LogP) is 2.98. The molecule has 17 heavy (non-hydrogen) atoms. The highest BCUT2D eigenvalue weighted by Gasteiger charge is 2.15. The van der Waals surface area contributed by atoms with Crippen molar-refractivity contribution in [2.75, 3.05) is 7.11 Å². The van der Waals surface area contributed by atoms with E-state index in [-0.39, 0.29) is 5.78 Å². The third kappa shape index (κ3) is 3.56. The number of carbonyl (C=O) groups excluding carboxylic acids is 1. The van der Waals surface area contributed by atoms with Crippen molar-refractivity contribution in [2.45, 2.75) is 33.3 Å². The fourth-order valence-electron chi connectivity index (χ4n) is 1.68. The van der Waals surface area contributed by atoms with Gasteiger partial charge in [-0.25, -0.2) is 0 Å². The van der Waals surface area contributed by atoms with E-state index >= 15 is 0 Å². The second-order valence-corrected chi connectivity index (χ2v) is 4.66. The molecule has 1 N–H and O–H groups in total. The normalized spacial score (nSPS) is 12.6. The molecule has 0 radical (unpaired) electrons. The Morgan fingerprint density at radius 1 is 1.35 bits per heavy atom. The molecular formula is C14H20O3. The Bertz CT molecular complexity index is 394. The SMILES string of the molecule is COc1ccc([C@@H](C)O)cc1C(=O)CC(C)C. The zero-order valence-electron chi connectivity index (χ0n) is 10.9. The maximum absolute atomic E-state index is 12.0. The second kappa shape index (κ2) is 5.82. The number of ether oxygens (including phenoxy) is 1. The van der Waals surface area contributed by atoms with Gasteiger partial charge in [0, 0.05) is 6.42 Å². The van der Waals surface area contributed by atoms with Crippen molar-refractivity contribution in [1.82, 2.24) is 0 Å². The van der Waals surface area contributed by atoms with Gasteiger partial charge in [0.25, 0.3) is 0 Å². The lowest BCUT2D eigenvalue weighted by Gasteiger charge is -2.12. The highest BCUT2D eigenvalue weighted by Crippen LogP contribution is 2.25. The molecule has 0 bridgehead atoms. The number of hydrogen-bond acceptors (Lipinski definition) is 3. The summed E-state index contributed by atoms with van der Waals surface area (Å²) in [7, 11) is 1.55. The zero-order valence-corrected chi connectivity index (χ0v) is 10.9. The lowest BCUT2D eigenvalue weighted by molar-refractivity contribution is 0.0964. The maximum atomic E-state index is 12.0. The second-order valence-electron chi connectivity index (χ2n) is 4.66. The molecule has 1 rings (SSSR count). The van der Waals surface area contributed by atoms with Crippen LogP contribution in [-0.4, -0.2) is 18.0 Å². The molecule has 0 aliphatic heterocycles. The molecule has 3 nitrogen and oxygen atoms in total. The third-order valence-electron chi connectivity index (χ3n) is 2.60. The van der Waals surface area contributed by atoms with Gasteiger partial charge in [0.05, 0.1) is 18.8 Å². The predicted molar refractivity (Wildman–Crippen MR) is 67.4 cm³/mol. The maximum Gasteiger partial charge on any atom is 0.166 e. The van der Waals surface area contributed by atoms with Crippen LogP contribution in [0.4, 0.5) is 0 Å². The summed E-state index contributed by atoms with van der Waals surface area (Å²) >= 11 is 0. The summed E-state index contributed by atoms with van der Waals surface area (Å²) in [6, 6.07) is 5.22. The number of aliphatic hydroxyl groups is 1. The first-order valence-electron chi connectivity index (χ1n) is 5.85. The van der Waals surface area contributed by atoms with Gasteiger partial charge in [-0.05, 0) is 30.5 Å². The first-order valence-corrected chi connectivity index (χ1v) is 5.85. The number of benzene rings is 1. The number of ketones is 1. The van der Waals surface area contributed by atoms with Gasteiger partial charge in [-0.3, -0.25) is 4.79 Å². The average molecular weight is 236 g/mol. The minimum Gasteiger partial charge on any atom is -0.496 e. The van der Waals surface area contributed by atoms with E-state index in [4.69, 9.17) is 4.74 Å². The van der Waals surface area contributed by atoms with Crippen LogP contribution in [0.5, 0.6) is 5.75 Å². The summed E-state index contributed by atoms with van der Waals surface area (Å²) in [6.07, 6.45) is -0.0916. The first kappa shape index (κ1) is 13.7. The van der Waals surface area contributed by atoms with E-state index < -0.39 is 6.10 Å². The van der Waals surface area contributed by atoms with Crippen LogP contribution in [0.15, 0.2) is 18.2 Å². The smallest absolute Gasteiger partial charge is 0.166 e. The molecule has 1 aromatic rings. The molecule has 0 saturated heterocycles. The molecule has 1 atom stereocenters. The van der Waals surface area contributed by atoms with Gasteiger partial charge in [-0.2, -0.15) is 0 Å². The first-order chi connectivity index (χ1) is 7.95. The van der Waals surface area contributed by atoms with Crippen molar-refractivity contribution in [1.29, 1.82) is 0 Å². The molecule has 0 saturated carbocycles. The van der Waals surface area contributed by atoms with E-state index in [2.05, 4.69) is 0 Å². The molecule has 0 amide bonds. The minimum atomic E-state index is -0.577. The van der Waals surface area contributed by atoms with Gasteiger partial charge in [-0.1, -0.05) is 19.9 Å². The Kier molecular flexibility index (Phi) is 4.70. The van der Waals surface area contributed by atoms with Crippen LogP contribution >= 0.6 is 0 Å². The molecule has 0 aromatic heterocycles. The fraction of sp³-hybridized carbons (Fsp3) is 0.500. The Hall–Kier alpha value is -1.35. The monoisotopic (exact) mass is 236 g/mol. The standard InChI is InChI=1S/C14H20O3/c1-9(2)7-13(16)12-8-11(10(3)15)5-6-14(12)17-4/h5-6,8-10,15H,7H2,1-4H3/t10-/m1/s1. The largest absolute Gasteiger partial charge is 0.496 e. The Balaban J connectivity index is 3.09. The van der Waals surface area contributed by atoms with Crippen LogP contribution in [0, 0.1) is 5.92 Å². The summed E-state index contributed by atoms with van der Waals surface area (Å²) in [5.74, 6) is 0.932. The molecule has 94 valence electrons. The number of hydrogen-bond donors (Lipinski definition) is 1. The average Bonchev–Trinajstić information content (AvgIpc) is 2.27. The van der Waals surface area contributed by atoms with Crippen molar-refractivity contribution in [2.24, 2.45) is 5.92 Å². The van der Waals surface area contributed by atoms with E-state index in [0.717, 1.165) is 5.56 Å². The number of aliphatic hydroxyl groups excluding tert-OH is 1. The molecule has 0 aliphatic rings. The summed E-state index contributed by atoms with van der Waals surface area (Å²) in [5.41, 5.74) is 1.29. The molecule has 0 heterocycles. The van der Waals surface area contributed by atoms with E-state index in [1.165, 1.54) is 0 Å². The summed E-state index contributed by atoms with van der Waals surface area (Å²) in [5, 5.41) is 9.52. The Labute approximate surface area is 102 Å². The van der Waals surface area contributed by atoms with E-state index in [1.807, 2.05) is 13.8 Å². The van der Waals surface area contributed by atoms with Crippen LogP contribution in [0.1, 0.15) is 49.2 Å². The highest BCUT2D eigenvalue weighted by molar-refractivity contribution is 5.99. The Morgan fingerprint density at radius 2 is 2.00 bits per heavy atom. The van der Waals surface area contributed by atoms with Gasteiger partial charge in [0.15, 0.2) is 5.78 Å². The molecule has 0 fully saturated rings. The number of rotatable bonds is 5. The third-order valence-corrected chi connectivity index (χ3v) is 2.60. The number of carbonyl (C=O) groups is 1. The summed E-state index contributed by atoms with van der Waals surface area (Å²) < 4.78 is 5.18. The number of Topliss-reactive ketones (excluding diaryl/α,β-unsaturated/α-hetero) is 1. The Morgan fingerprint density at radius 3 is 2.47 bits per heavy atom. The van der Waals surface area contributed by atoms with Gasteiger partial charge in [0.1, 0.15) is 5.75 Å². The van der Waals surface area contributed by atoms with Crippen molar-refractivity contribution >= 4 is 5.78 Å². The van der Waals surface area contributed by atoms with Crippen LogP contribution in [0.3, 0.4) is 0 Å². The topological polar surface area (TPSA) is 46.5 Å². The zero-order chi connectivity index (χ0) is 13.0. The van der Waals surface area contributed by atoms with Crippen LogP contribution in [0.2, 0.25) is 0 Å². The summed E-state index contributed by atoms with van der Waals surface area (Å²) in [6.45, 7) is 5.68. The van der Waals surface area contributed by atoms with Crippen LogP contribution in [0.25, 0.3) is 0 Å². The molecule has 0 spiro atoms. The quantitative estimate of drug-likeness (QED) is 0.799. The van der Waals surface area contributed by atoms with Crippen molar-refractivity contribution in [3.63, 3.8) is 0 Å². The molecular weight excluding hydrogens is 216 g/mol. The van der Waals surface area contributed by atoms with Gasteiger partial charge >= 0.3 is 0 Å². The van der Waals surface area contributed by atoms with Crippen LogP contribution in [-0.2, 0) is 0 Å². The van der Waals surface area contributed by atoms with E-state index in [1.54, 1.807) is 32.2 Å². The molecule has 0 unspecified atom stereocenters. The van der Waals surface area contributed by atoms with Crippen LogP contribution < -0.4 is 4.74 Å². The van der Waals surface area contributed by atoms with Gasteiger partial charge in [-0.15, -0.1) is 0 Å². The number of methoxy groups -OCH3 is 1. The van der Waals surface area contributed by atoms with E-state index in [9.17, 15) is 9.90 Å². The van der Waals surface area contributed by atoms with Crippen molar-refractivity contribution in [3.8, 4) is 5.75 Å². The lowest BCUT2D eigenvalue weighted by Crippen LogP contribution is -2.07. The van der Waals surface area contributed by atoms with Gasteiger partial charge in [0.2, 0.25) is 0 Å². The highest BCUT2D eigenvalue weighted by atomic mass is 16.5. The fourth-order valence-corrected chi connectivity index (χ4v) is 1.68. The minimum absolute atomic E-state index is 0.0550.